The molecule has 2 aromatic carbocycles. The lowest BCUT2D eigenvalue weighted by Crippen LogP contribution is -2.11. The van der Waals surface area contributed by atoms with Gasteiger partial charge in [0.2, 0.25) is 0 Å². The van der Waals surface area contributed by atoms with Crippen molar-refractivity contribution in [1.29, 1.82) is 0 Å². The summed E-state index contributed by atoms with van der Waals surface area (Å²) in [5, 5.41) is 1.03. The van der Waals surface area contributed by atoms with Crippen LogP contribution in [0.2, 0.25) is 10.0 Å². The minimum atomic E-state index is -0.148. The van der Waals surface area contributed by atoms with Gasteiger partial charge in [-0.3, -0.25) is 0 Å². The molecule has 1 aromatic heterocycles. The molecule has 1 heterocycles. The molecule has 0 bridgehead atoms. The van der Waals surface area contributed by atoms with E-state index in [-0.39, 0.29) is 6.10 Å². The average Bonchev–Trinajstić information content (AvgIpc) is 3.08. The van der Waals surface area contributed by atoms with Crippen LogP contribution in [0.15, 0.2) is 61.2 Å². The zero-order chi connectivity index (χ0) is 16.9. The third-order valence-corrected chi connectivity index (χ3v) is 4.43. The Balaban J connectivity index is 1.84. The minimum absolute atomic E-state index is 0.148. The van der Waals surface area contributed by atoms with Crippen LogP contribution in [0.25, 0.3) is 0 Å². The van der Waals surface area contributed by atoms with E-state index in [1.165, 1.54) is 5.56 Å². The molecule has 0 aliphatic carbocycles. The van der Waals surface area contributed by atoms with Crippen molar-refractivity contribution >= 4 is 23.2 Å². The van der Waals surface area contributed by atoms with Gasteiger partial charge >= 0.3 is 0 Å². The molecule has 1 unspecified atom stereocenters. The van der Waals surface area contributed by atoms with Gasteiger partial charge in [0.25, 0.3) is 0 Å². The number of para-hydroxylation sites is 1. The van der Waals surface area contributed by atoms with E-state index in [1.54, 1.807) is 24.7 Å². The summed E-state index contributed by atoms with van der Waals surface area (Å²) in [6, 6.07) is 13.7. The van der Waals surface area contributed by atoms with Crippen molar-refractivity contribution in [3.05, 3.63) is 82.4 Å². The van der Waals surface area contributed by atoms with Gasteiger partial charge in [-0.15, -0.1) is 0 Å². The van der Waals surface area contributed by atoms with Crippen molar-refractivity contribution < 1.29 is 4.74 Å². The van der Waals surface area contributed by atoms with Crippen LogP contribution in [-0.2, 0) is 6.54 Å². The standard InChI is InChI=1S/C19H18Cl2N2O/c1-14-5-7-15(8-6-14)18(9-11-23-12-10-22-13-23)24-19-16(20)3-2-4-17(19)21/h2-8,10,12-13,18H,9,11H2,1H3. The van der Waals surface area contributed by atoms with E-state index in [4.69, 9.17) is 27.9 Å². The number of halogens is 2. The summed E-state index contributed by atoms with van der Waals surface area (Å²) in [6.45, 7) is 2.86. The Labute approximate surface area is 151 Å². The molecular formula is C19H18Cl2N2O. The molecule has 124 valence electrons. The first kappa shape index (κ1) is 16.9. The predicted octanol–water partition coefficient (Wildman–Crippen LogP) is 5.71. The molecule has 0 N–H and O–H groups in total. The minimum Gasteiger partial charge on any atom is -0.483 e. The zero-order valence-electron chi connectivity index (χ0n) is 13.3. The molecule has 3 aromatic rings. The number of benzene rings is 2. The number of rotatable bonds is 6. The Morgan fingerprint density at radius 3 is 2.42 bits per heavy atom. The van der Waals surface area contributed by atoms with Crippen molar-refractivity contribution in [2.24, 2.45) is 0 Å². The summed E-state index contributed by atoms with van der Waals surface area (Å²) in [5.41, 5.74) is 2.31. The van der Waals surface area contributed by atoms with Crippen LogP contribution in [0, 0.1) is 6.92 Å². The van der Waals surface area contributed by atoms with E-state index in [0.717, 1.165) is 18.5 Å². The van der Waals surface area contributed by atoms with Gasteiger partial charge in [-0.2, -0.15) is 0 Å². The summed E-state index contributed by atoms with van der Waals surface area (Å²) in [4.78, 5) is 4.08. The summed E-state index contributed by atoms with van der Waals surface area (Å²) < 4.78 is 8.23. The highest BCUT2D eigenvalue weighted by molar-refractivity contribution is 6.37. The number of imidazole rings is 1. The Hall–Kier alpha value is -1.97. The van der Waals surface area contributed by atoms with E-state index in [9.17, 15) is 0 Å². The van der Waals surface area contributed by atoms with Crippen LogP contribution in [0.1, 0.15) is 23.7 Å². The Kier molecular flexibility index (Phi) is 5.44. The summed E-state index contributed by atoms with van der Waals surface area (Å²) in [5.74, 6) is 0.525. The number of ether oxygens (including phenoxy) is 1. The smallest absolute Gasteiger partial charge is 0.157 e. The van der Waals surface area contributed by atoms with Gasteiger partial charge in [0, 0.05) is 25.4 Å². The van der Waals surface area contributed by atoms with Crippen LogP contribution in [0.3, 0.4) is 0 Å². The molecule has 0 saturated carbocycles. The molecule has 3 nitrogen and oxygen atoms in total. The molecule has 3 rings (SSSR count). The maximum absolute atomic E-state index is 6.26. The SMILES string of the molecule is Cc1ccc(C(CCn2ccnc2)Oc2c(Cl)cccc2Cl)cc1. The topological polar surface area (TPSA) is 27.1 Å². The monoisotopic (exact) mass is 360 g/mol. The first-order valence-electron chi connectivity index (χ1n) is 7.76. The van der Waals surface area contributed by atoms with Crippen molar-refractivity contribution in [1.82, 2.24) is 9.55 Å². The number of aryl methyl sites for hydroxylation is 2. The van der Waals surface area contributed by atoms with Gasteiger partial charge in [-0.1, -0.05) is 59.1 Å². The fourth-order valence-electron chi connectivity index (χ4n) is 2.50. The summed E-state index contributed by atoms with van der Waals surface area (Å²) in [6.07, 6.45) is 6.14. The quantitative estimate of drug-likeness (QED) is 0.562. The second kappa shape index (κ2) is 7.73. The molecule has 0 spiro atoms. The van der Waals surface area contributed by atoms with E-state index >= 15 is 0 Å². The van der Waals surface area contributed by atoms with Crippen LogP contribution in [-0.4, -0.2) is 9.55 Å². The van der Waals surface area contributed by atoms with Gasteiger partial charge in [0.05, 0.1) is 16.4 Å². The van der Waals surface area contributed by atoms with Gasteiger partial charge in [0.1, 0.15) is 6.10 Å². The van der Waals surface area contributed by atoms with E-state index in [0.29, 0.717) is 15.8 Å². The van der Waals surface area contributed by atoms with Crippen molar-refractivity contribution in [2.45, 2.75) is 26.0 Å². The van der Waals surface area contributed by atoms with Gasteiger partial charge in [0.15, 0.2) is 5.75 Å². The highest BCUT2D eigenvalue weighted by atomic mass is 35.5. The van der Waals surface area contributed by atoms with Crippen LogP contribution >= 0.6 is 23.2 Å². The van der Waals surface area contributed by atoms with E-state index in [1.807, 2.05) is 16.8 Å². The molecule has 0 saturated heterocycles. The van der Waals surface area contributed by atoms with Crippen molar-refractivity contribution in [3.8, 4) is 5.75 Å². The maximum Gasteiger partial charge on any atom is 0.157 e. The lowest BCUT2D eigenvalue weighted by atomic mass is 10.0. The molecule has 0 fully saturated rings. The number of nitrogens with zero attached hydrogens (tertiary/aromatic N) is 2. The fourth-order valence-corrected chi connectivity index (χ4v) is 2.98. The van der Waals surface area contributed by atoms with Crippen molar-refractivity contribution in [2.75, 3.05) is 0 Å². The van der Waals surface area contributed by atoms with Crippen LogP contribution in [0.5, 0.6) is 5.75 Å². The Morgan fingerprint density at radius 1 is 1.08 bits per heavy atom. The van der Waals surface area contributed by atoms with E-state index in [2.05, 4.69) is 36.2 Å². The van der Waals surface area contributed by atoms with Crippen molar-refractivity contribution in [3.63, 3.8) is 0 Å². The highest BCUT2D eigenvalue weighted by Crippen LogP contribution is 2.36. The van der Waals surface area contributed by atoms with Crippen LogP contribution < -0.4 is 4.74 Å². The van der Waals surface area contributed by atoms with Gasteiger partial charge < -0.3 is 9.30 Å². The lowest BCUT2D eigenvalue weighted by Gasteiger charge is -2.21. The number of hydrogen-bond acceptors (Lipinski definition) is 2. The maximum atomic E-state index is 6.26. The fraction of sp³-hybridized carbons (Fsp3) is 0.211. The van der Waals surface area contributed by atoms with Gasteiger partial charge in [-0.25, -0.2) is 4.98 Å². The first-order chi connectivity index (χ1) is 11.6. The second-order valence-corrected chi connectivity index (χ2v) is 6.47. The number of hydrogen-bond donors (Lipinski definition) is 0. The lowest BCUT2D eigenvalue weighted by molar-refractivity contribution is 0.188. The molecule has 24 heavy (non-hydrogen) atoms. The first-order valence-corrected chi connectivity index (χ1v) is 8.52. The average molecular weight is 361 g/mol. The Morgan fingerprint density at radius 2 is 1.79 bits per heavy atom. The normalized spacial score (nSPS) is 12.1. The zero-order valence-corrected chi connectivity index (χ0v) is 14.8. The van der Waals surface area contributed by atoms with Gasteiger partial charge in [-0.05, 0) is 24.6 Å². The van der Waals surface area contributed by atoms with E-state index < -0.39 is 0 Å². The molecule has 0 aliphatic rings. The summed E-state index contributed by atoms with van der Waals surface area (Å²) in [7, 11) is 0. The molecular weight excluding hydrogens is 343 g/mol. The van der Waals surface area contributed by atoms with Crippen LogP contribution in [0.4, 0.5) is 0 Å². The third-order valence-electron chi connectivity index (χ3n) is 3.84. The molecule has 0 amide bonds. The molecule has 5 heteroatoms. The molecule has 0 aliphatic heterocycles. The number of aromatic nitrogens is 2. The predicted molar refractivity (Wildman–Crippen MR) is 97.9 cm³/mol. The Bertz CT molecular complexity index is 765. The second-order valence-electron chi connectivity index (χ2n) is 5.66. The molecule has 0 radical (unpaired) electrons. The summed E-state index contributed by atoms with van der Waals surface area (Å²) >= 11 is 12.5. The largest absolute Gasteiger partial charge is 0.483 e. The third kappa shape index (κ3) is 4.11. The highest BCUT2D eigenvalue weighted by Gasteiger charge is 2.17. The molecule has 1 atom stereocenters.